The predicted molar refractivity (Wildman–Crippen MR) is 227 cm³/mol. The fourth-order valence-corrected chi connectivity index (χ4v) is 11.2. The maximum absolute atomic E-state index is 3.65. The van der Waals surface area contributed by atoms with Gasteiger partial charge < -0.3 is 24.8 Å². The second kappa shape index (κ2) is 16.4. The number of rotatable bonds is 3. The van der Waals surface area contributed by atoms with Gasteiger partial charge in [0, 0.05) is 13.5 Å². The van der Waals surface area contributed by atoms with Gasteiger partial charge in [0.1, 0.15) is 0 Å². The molecule has 0 heterocycles. The van der Waals surface area contributed by atoms with Crippen LogP contribution in [0.25, 0.3) is 22.3 Å². The van der Waals surface area contributed by atoms with Crippen LogP contribution in [0, 0.1) is 33.8 Å². The molecule has 0 N–H and O–H groups in total. The molecule has 0 bridgehead atoms. The van der Waals surface area contributed by atoms with Gasteiger partial charge in [0.25, 0.3) is 0 Å². The van der Waals surface area contributed by atoms with Gasteiger partial charge >= 0.3 is 112 Å². The number of allylic oxidation sites excluding steroid dienone is 4. The van der Waals surface area contributed by atoms with Gasteiger partial charge in [0.05, 0.1) is 0 Å². The Morgan fingerprint density at radius 2 is 1.13 bits per heavy atom. The third-order valence-electron chi connectivity index (χ3n) is 11.2. The average Bonchev–Trinajstić information content (AvgIpc) is 3.74. The smallest absolute Gasteiger partial charge is 1.00 e. The van der Waals surface area contributed by atoms with Crippen LogP contribution in [0.4, 0.5) is 0 Å². The van der Waals surface area contributed by atoms with Gasteiger partial charge in [-0.05, 0) is 58.4 Å². The fourth-order valence-electron chi connectivity index (χ4n) is 8.49. The molecule has 3 aliphatic rings. The molecule has 280 valence electrons. The zero-order valence-electron chi connectivity index (χ0n) is 34.6. The molecule has 0 amide bonds. The minimum atomic E-state index is -1.06. The molecule has 0 nitrogen and oxygen atoms in total. The summed E-state index contributed by atoms with van der Waals surface area (Å²) < 4.78 is 1.42. The van der Waals surface area contributed by atoms with Crippen LogP contribution < -0.4 is 30.0 Å². The van der Waals surface area contributed by atoms with E-state index in [9.17, 15) is 0 Å². The summed E-state index contributed by atoms with van der Waals surface area (Å²) in [6, 6.07) is 32.0. The molecular formula is C50H56Cl2SiZr-2. The molecule has 4 heteroatoms. The number of hydrogen-bond donors (Lipinski definition) is 0. The van der Waals surface area contributed by atoms with Crippen molar-refractivity contribution in [2.24, 2.45) is 0 Å². The van der Waals surface area contributed by atoms with E-state index in [0.717, 1.165) is 6.42 Å². The Labute approximate surface area is 355 Å². The summed E-state index contributed by atoms with van der Waals surface area (Å²) in [6.07, 6.45) is 7.13. The fraction of sp³-hybridized carbons (Fsp3) is 0.320. The van der Waals surface area contributed by atoms with Crippen LogP contribution in [0.15, 0.2) is 91.0 Å². The van der Waals surface area contributed by atoms with Crippen molar-refractivity contribution < 1.29 is 49.0 Å². The first-order chi connectivity index (χ1) is 24.2. The standard InChI is InChI=1S/C25H25.C15H14.C10H17Si.2ClH.Zr/c1-14-12-24(3,4)22-8-16-7-17-9-23-19(15(2)13-25(23,5)6)11-21(17)20(16)10-18(14)22;1-12-3-7-14(8-4-12)11-15-9-5-13(2)6-10-15;1-8-6-9(2)10(7-8)11(3,4)5;;;/h8-12H,7H2,1-6H3;3-10H,1-2H3;6-7H,1-5H3;2*1H;/q-1;;-1;;;+2/p-2. The van der Waals surface area contributed by atoms with E-state index < -0.39 is 8.07 Å². The molecule has 3 aliphatic carbocycles. The van der Waals surface area contributed by atoms with E-state index in [2.05, 4.69) is 186 Å². The average molecular weight is 847 g/mol. The van der Waals surface area contributed by atoms with Crippen molar-refractivity contribution in [2.75, 3.05) is 0 Å². The van der Waals surface area contributed by atoms with Gasteiger partial charge in [0.2, 0.25) is 0 Å². The van der Waals surface area contributed by atoms with Crippen molar-refractivity contribution in [1.29, 1.82) is 0 Å². The molecule has 54 heavy (non-hydrogen) atoms. The van der Waals surface area contributed by atoms with Crippen LogP contribution in [0.2, 0.25) is 19.6 Å². The van der Waals surface area contributed by atoms with Gasteiger partial charge in [0.15, 0.2) is 0 Å². The Balaban J connectivity index is 0.000000194. The zero-order chi connectivity index (χ0) is 37.9. The summed E-state index contributed by atoms with van der Waals surface area (Å²) >= 11 is 1.46. The molecule has 0 atom stereocenters. The van der Waals surface area contributed by atoms with Crippen LogP contribution in [-0.2, 0) is 41.5 Å². The molecule has 0 aliphatic heterocycles. The van der Waals surface area contributed by atoms with E-state index >= 15 is 0 Å². The second-order valence-corrected chi connectivity index (χ2v) is 24.0. The third-order valence-corrected chi connectivity index (χ3v) is 14.7. The first kappa shape index (κ1) is 44.0. The Morgan fingerprint density at radius 1 is 0.648 bits per heavy atom. The number of fused-ring (bicyclic) bond motifs is 5. The van der Waals surface area contributed by atoms with Crippen molar-refractivity contribution in [3.63, 3.8) is 0 Å². The van der Waals surface area contributed by atoms with Crippen LogP contribution in [0.5, 0.6) is 0 Å². The molecule has 0 spiro atoms. The number of benzene rings is 4. The van der Waals surface area contributed by atoms with Gasteiger partial charge in [-0.25, -0.2) is 11.6 Å². The first-order valence-electron chi connectivity index (χ1n) is 18.9. The van der Waals surface area contributed by atoms with Crippen LogP contribution in [0.1, 0.15) is 108 Å². The molecule has 8 rings (SSSR count). The number of halogens is 2. The van der Waals surface area contributed by atoms with Crippen LogP contribution in [-0.4, -0.2) is 11.3 Å². The van der Waals surface area contributed by atoms with Gasteiger partial charge in [-0.1, -0.05) is 91.7 Å². The molecule has 0 unspecified atom stereocenters. The maximum Gasteiger partial charge on any atom is -1.00 e. The van der Waals surface area contributed by atoms with E-state index in [1.807, 2.05) is 0 Å². The van der Waals surface area contributed by atoms with E-state index in [1.54, 1.807) is 5.19 Å². The molecule has 0 fully saturated rings. The summed E-state index contributed by atoms with van der Waals surface area (Å²) in [4.78, 5) is 0. The summed E-state index contributed by atoms with van der Waals surface area (Å²) in [7, 11) is -1.06. The predicted octanol–water partition coefficient (Wildman–Crippen LogP) is 6.44. The Hall–Kier alpha value is -2.74. The largest absolute Gasteiger partial charge is 1.00 e. The molecule has 5 aromatic carbocycles. The van der Waals surface area contributed by atoms with Crippen molar-refractivity contribution in [1.82, 2.24) is 0 Å². The Bertz CT molecular complexity index is 2120. The SMILES string of the molecule is CC1=[C-]C(C)(C)c2cc3c(cc21)-c1cc2c(cc1C3)C(C)(C)C=C2C.Cc1cc([Si](C)(C)C)c(C)[cH-]1.Cc1ccc([C](=[Zr+2])c2ccc(C)cc2)cc1.[Cl-].[Cl-]. The maximum atomic E-state index is 3.65. The summed E-state index contributed by atoms with van der Waals surface area (Å²) in [5.41, 5.74) is 22.8. The molecule has 0 saturated carbocycles. The summed E-state index contributed by atoms with van der Waals surface area (Å²) in [5.74, 6) is 0. The molecule has 5 aromatic rings. The van der Waals surface area contributed by atoms with Crippen molar-refractivity contribution in [3.8, 4) is 11.1 Å². The normalized spacial score (nSPS) is 15.0. The topological polar surface area (TPSA) is 0 Å². The quantitative estimate of drug-likeness (QED) is 0.142. The van der Waals surface area contributed by atoms with Crippen LogP contribution >= 0.6 is 0 Å². The molecule has 0 aromatic heterocycles. The minimum Gasteiger partial charge on any atom is -1.00 e. The number of aryl methyl sites for hydroxylation is 4. The first-order valence-corrected chi connectivity index (χ1v) is 23.6. The summed E-state index contributed by atoms with van der Waals surface area (Å²) in [6.45, 7) is 29.5. The minimum absolute atomic E-state index is 0. The second-order valence-electron chi connectivity index (χ2n) is 17.7. The molecule has 0 saturated heterocycles. The number of hydrogen-bond acceptors (Lipinski definition) is 0. The van der Waals surface area contributed by atoms with Crippen molar-refractivity contribution >= 4 is 27.6 Å². The van der Waals surface area contributed by atoms with E-state index in [4.69, 9.17) is 0 Å². The van der Waals surface area contributed by atoms with Gasteiger partial charge in [-0.2, -0.15) is 27.9 Å². The van der Waals surface area contributed by atoms with E-state index in [-0.39, 0.29) is 35.6 Å². The van der Waals surface area contributed by atoms with Gasteiger partial charge in [-0.15, -0.1) is 11.6 Å². The van der Waals surface area contributed by atoms with E-state index in [0.29, 0.717) is 0 Å². The third kappa shape index (κ3) is 8.94. The monoisotopic (exact) mass is 844 g/mol. The van der Waals surface area contributed by atoms with Gasteiger partial charge in [-0.3, -0.25) is 6.08 Å². The summed E-state index contributed by atoms with van der Waals surface area (Å²) in [5, 5.41) is 1.62. The molecule has 0 radical (unpaired) electrons. The van der Waals surface area contributed by atoms with Crippen molar-refractivity contribution in [2.45, 2.75) is 106 Å². The van der Waals surface area contributed by atoms with Crippen LogP contribution in [0.3, 0.4) is 0 Å². The zero-order valence-corrected chi connectivity index (χ0v) is 39.6. The Morgan fingerprint density at radius 3 is 1.57 bits per heavy atom. The Kier molecular flexibility index (Phi) is 13.3. The molecular weight excluding hydrogens is 791 g/mol. The van der Waals surface area contributed by atoms with Crippen molar-refractivity contribution in [3.05, 3.63) is 164 Å². The van der Waals surface area contributed by atoms with E-state index in [1.165, 1.54) is 116 Å².